The summed E-state index contributed by atoms with van der Waals surface area (Å²) in [5.41, 5.74) is 1.28. The summed E-state index contributed by atoms with van der Waals surface area (Å²) in [4.78, 5) is 23.3. The summed E-state index contributed by atoms with van der Waals surface area (Å²) in [6.45, 7) is 4.76. The van der Waals surface area contributed by atoms with Crippen LogP contribution in [0.3, 0.4) is 0 Å². The minimum Gasteiger partial charge on any atom is -0.497 e. The van der Waals surface area contributed by atoms with Gasteiger partial charge in [-0.15, -0.1) is 0 Å². The minimum absolute atomic E-state index is 0.0733. The van der Waals surface area contributed by atoms with Crippen molar-refractivity contribution in [2.75, 3.05) is 36.3 Å². The first-order valence-electron chi connectivity index (χ1n) is 11.9. The lowest BCUT2D eigenvalue weighted by molar-refractivity contribution is -0.122. The van der Waals surface area contributed by atoms with Crippen molar-refractivity contribution >= 4 is 46.9 Å². The summed E-state index contributed by atoms with van der Waals surface area (Å²) in [5.74, 6) is 2.75. The highest BCUT2D eigenvalue weighted by Crippen LogP contribution is 2.31. The van der Waals surface area contributed by atoms with Gasteiger partial charge in [0.1, 0.15) is 22.6 Å². The van der Waals surface area contributed by atoms with Gasteiger partial charge in [-0.3, -0.25) is 4.79 Å². The Hall–Kier alpha value is -3.42. The minimum atomic E-state index is -0.474. The van der Waals surface area contributed by atoms with E-state index < -0.39 is 6.04 Å². The van der Waals surface area contributed by atoms with E-state index in [-0.39, 0.29) is 5.91 Å². The van der Waals surface area contributed by atoms with Crippen LogP contribution in [0.1, 0.15) is 25.8 Å². The van der Waals surface area contributed by atoms with Crippen molar-refractivity contribution in [1.82, 2.24) is 15.3 Å². The zero-order valence-electron chi connectivity index (χ0n) is 21.4. The molecule has 0 saturated heterocycles. The summed E-state index contributed by atoms with van der Waals surface area (Å²) in [7, 11) is 1.63. The van der Waals surface area contributed by atoms with Crippen LogP contribution in [0.25, 0.3) is 0 Å². The maximum Gasteiger partial charge on any atom is 0.242 e. The fraction of sp³-hybridized carbons (Fsp3) is 0.333. The average Bonchev–Trinajstić information content (AvgIpc) is 2.88. The molecule has 194 valence electrons. The molecule has 3 rings (SSSR count). The number of hydrogen-bond acceptors (Lipinski definition) is 9. The fourth-order valence-electron chi connectivity index (χ4n) is 3.44. The molecule has 1 heterocycles. The Morgan fingerprint density at radius 1 is 1.14 bits per heavy atom. The standard InChI is InChI=1S/C27H32N6O2S2/c1-18(2)14-23(26(34)29-12-13-36-4)31-27-32-24(30-20-7-5-6-19(15-20)17-28)16-25(33-27)37-22-10-8-21(35-3)9-11-22/h5-11,15-16,18,23H,12-14H2,1-4H3,(H,29,34)(H2,30,31,32,33)/t23-/m0/s1. The number of nitrogens with zero attached hydrogens (tertiary/aromatic N) is 3. The maximum absolute atomic E-state index is 12.9. The van der Waals surface area contributed by atoms with Crippen LogP contribution < -0.4 is 20.7 Å². The van der Waals surface area contributed by atoms with Gasteiger partial charge >= 0.3 is 0 Å². The number of aromatic nitrogens is 2. The van der Waals surface area contributed by atoms with Crippen molar-refractivity contribution in [2.45, 2.75) is 36.2 Å². The van der Waals surface area contributed by atoms with Crippen molar-refractivity contribution < 1.29 is 9.53 Å². The van der Waals surface area contributed by atoms with E-state index in [9.17, 15) is 10.1 Å². The van der Waals surface area contributed by atoms with Crippen molar-refractivity contribution in [3.05, 3.63) is 60.2 Å². The highest BCUT2D eigenvalue weighted by molar-refractivity contribution is 7.99. The van der Waals surface area contributed by atoms with Crippen molar-refractivity contribution in [2.24, 2.45) is 5.92 Å². The third-order valence-corrected chi connectivity index (χ3v) is 6.72. The van der Waals surface area contributed by atoms with Gasteiger partial charge in [-0.2, -0.15) is 22.0 Å². The quantitative estimate of drug-likeness (QED) is 0.191. The number of nitrogens with one attached hydrogen (secondary N) is 3. The number of nitriles is 1. The van der Waals surface area contributed by atoms with Gasteiger partial charge in [0.05, 0.1) is 18.7 Å². The number of ether oxygens (including phenoxy) is 1. The summed E-state index contributed by atoms with van der Waals surface area (Å²) in [5, 5.41) is 19.5. The van der Waals surface area contributed by atoms with Crippen molar-refractivity contribution in [3.63, 3.8) is 0 Å². The van der Waals surface area contributed by atoms with Crippen LogP contribution in [0.2, 0.25) is 0 Å². The first-order valence-corrected chi connectivity index (χ1v) is 14.1. The lowest BCUT2D eigenvalue weighted by Crippen LogP contribution is -2.41. The van der Waals surface area contributed by atoms with Gasteiger partial charge in [0.25, 0.3) is 0 Å². The van der Waals surface area contributed by atoms with Gasteiger partial charge in [-0.05, 0) is 61.1 Å². The zero-order chi connectivity index (χ0) is 26.6. The molecular formula is C27H32N6O2S2. The molecule has 8 nitrogen and oxygen atoms in total. The Labute approximate surface area is 227 Å². The van der Waals surface area contributed by atoms with Gasteiger partial charge in [0.15, 0.2) is 0 Å². The van der Waals surface area contributed by atoms with Gasteiger partial charge < -0.3 is 20.7 Å². The van der Waals surface area contributed by atoms with Crippen LogP contribution >= 0.6 is 23.5 Å². The van der Waals surface area contributed by atoms with Gasteiger partial charge in [-0.25, -0.2) is 4.98 Å². The van der Waals surface area contributed by atoms with E-state index in [1.165, 1.54) is 11.8 Å². The van der Waals surface area contributed by atoms with Crippen LogP contribution in [0.5, 0.6) is 5.75 Å². The Bertz CT molecular complexity index is 1210. The predicted octanol–water partition coefficient (Wildman–Crippen LogP) is 5.56. The average molecular weight is 537 g/mol. The second kappa shape index (κ2) is 14.4. The molecule has 37 heavy (non-hydrogen) atoms. The second-order valence-electron chi connectivity index (χ2n) is 8.62. The lowest BCUT2D eigenvalue weighted by atomic mass is 10.0. The molecule has 0 unspecified atom stereocenters. The normalized spacial score (nSPS) is 11.5. The molecule has 0 aliphatic rings. The molecule has 2 aromatic carbocycles. The van der Waals surface area contributed by atoms with Crippen molar-refractivity contribution in [3.8, 4) is 11.8 Å². The number of anilines is 3. The number of benzene rings is 2. The molecule has 0 fully saturated rings. The van der Waals surface area contributed by atoms with Crippen molar-refractivity contribution in [1.29, 1.82) is 5.26 Å². The van der Waals surface area contributed by atoms with Gasteiger partial charge in [0, 0.05) is 28.9 Å². The third-order valence-electron chi connectivity index (χ3n) is 5.18. The molecular weight excluding hydrogens is 504 g/mol. The summed E-state index contributed by atoms with van der Waals surface area (Å²) >= 11 is 3.16. The number of hydrogen-bond donors (Lipinski definition) is 3. The second-order valence-corrected chi connectivity index (χ2v) is 10.7. The molecule has 1 aromatic heterocycles. The Kier molecular flexibility index (Phi) is 10.9. The van der Waals surface area contributed by atoms with E-state index in [2.05, 4.69) is 40.9 Å². The first-order chi connectivity index (χ1) is 17.9. The van der Waals surface area contributed by atoms with E-state index in [4.69, 9.17) is 9.72 Å². The molecule has 0 bridgehead atoms. The highest BCUT2D eigenvalue weighted by Gasteiger charge is 2.21. The van der Waals surface area contributed by atoms with E-state index in [0.717, 1.165) is 22.1 Å². The topological polar surface area (TPSA) is 112 Å². The van der Waals surface area contributed by atoms with Gasteiger partial charge in [0.2, 0.25) is 11.9 Å². The third kappa shape index (κ3) is 9.19. The lowest BCUT2D eigenvalue weighted by Gasteiger charge is -2.21. The van der Waals surface area contributed by atoms with E-state index in [0.29, 0.717) is 41.2 Å². The molecule has 1 amide bonds. The molecule has 0 aliphatic carbocycles. The SMILES string of the molecule is COc1ccc(Sc2cc(Nc3cccc(C#N)c3)nc(N[C@@H](CC(C)C)C(=O)NCCSC)n2)cc1. The zero-order valence-corrected chi connectivity index (χ0v) is 23.1. The maximum atomic E-state index is 12.9. The number of methoxy groups -OCH3 is 1. The summed E-state index contributed by atoms with van der Waals surface area (Å²) in [6.07, 6.45) is 2.65. The molecule has 0 spiro atoms. The van der Waals surface area contributed by atoms with E-state index in [1.807, 2.05) is 48.7 Å². The molecule has 0 saturated carbocycles. The Morgan fingerprint density at radius 3 is 2.59 bits per heavy atom. The number of amides is 1. The molecule has 10 heteroatoms. The Balaban J connectivity index is 1.90. The van der Waals surface area contributed by atoms with Crippen LogP contribution in [-0.4, -0.2) is 47.6 Å². The molecule has 0 radical (unpaired) electrons. The fourth-order valence-corrected chi connectivity index (χ4v) is 4.57. The van der Waals surface area contributed by atoms with Crippen LogP contribution in [-0.2, 0) is 4.79 Å². The smallest absolute Gasteiger partial charge is 0.242 e. The Morgan fingerprint density at radius 2 is 1.92 bits per heavy atom. The van der Waals surface area contributed by atoms with E-state index in [1.54, 1.807) is 31.0 Å². The number of rotatable bonds is 13. The molecule has 3 N–H and O–H groups in total. The van der Waals surface area contributed by atoms with Crippen LogP contribution in [0.15, 0.2) is 64.5 Å². The summed E-state index contributed by atoms with van der Waals surface area (Å²) < 4.78 is 5.26. The number of carbonyl (C=O) groups excluding carboxylic acids is 1. The number of thioether (sulfide) groups is 1. The predicted molar refractivity (Wildman–Crippen MR) is 152 cm³/mol. The van der Waals surface area contributed by atoms with Crippen LogP contribution in [0, 0.1) is 17.2 Å². The largest absolute Gasteiger partial charge is 0.497 e. The van der Waals surface area contributed by atoms with E-state index >= 15 is 0 Å². The molecule has 3 aromatic rings. The number of carbonyl (C=O) groups is 1. The van der Waals surface area contributed by atoms with Crippen LogP contribution in [0.4, 0.5) is 17.5 Å². The molecule has 0 aliphatic heterocycles. The first kappa shape index (κ1) is 28.2. The highest BCUT2D eigenvalue weighted by atomic mass is 32.2. The van der Waals surface area contributed by atoms with Gasteiger partial charge in [-0.1, -0.05) is 31.7 Å². The monoisotopic (exact) mass is 536 g/mol. The molecule has 1 atom stereocenters. The summed E-state index contributed by atoms with van der Waals surface area (Å²) in [6, 6.07) is 18.4.